The molecule has 0 aliphatic carbocycles. The van der Waals surface area contributed by atoms with Crippen LogP contribution in [0.2, 0.25) is 0 Å². The van der Waals surface area contributed by atoms with Gasteiger partial charge in [0.2, 0.25) is 11.9 Å². The number of aryl methyl sites for hydroxylation is 1. The molecule has 10 heavy (non-hydrogen) atoms. The maximum absolute atomic E-state index is 5.01. The SMILES string of the molecule is CO[n+]1cc(Br)ccc1C. The lowest BCUT2D eigenvalue weighted by Gasteiger charge is -1.93. The van der Waals surface area contributed by atoms with E-state index in [1.54, 1.807) is 11.8 Å². The molecule has 0 fully saturated rings. The van der Waals surface area contributed by atoms with Crippen molar-refractivity contribution in [2.75, 3.05) is 7.11 Å². The Bertz CT molecular complexity index is 237. The fourth-order valence-corrected chi connectivity index (χ4v) is 1.05. The molecule has 2 nitrogen and oxygen atoms in total. The first-order valence-corrected chi connectivity index (χ1v) is 3.75. The molecule has 0 N–H and O–H groups in total. The molecule has 0 aliphatic rings. The summed E-state index contributed by atoms with van der Waals surface area (Å²) in [5.74, 6) is 0. The first-order chi connectivity index (χ1) is 4.74. The van der Waals surface area contributed by atoms with Gasteiger partial charge in [0.1, 0.15) is 7.11 Å². The van der Waals surface area contributed by atoms with Gasteiger partial charge in [-0.05, 0) is 22.0 Å². The third kappa shape index (κ3) is 1.48. The van der Waals surface area contributed by atoms with Crippen molar-refractivity contribution in [2.24, 2.45) is 0 Å². The molecule has 1 rings (SSSR count). The third-order valence-corrected chi connectivity index (χ3v) is 1.74. The highest BCUT2D eigenvalue weighted by molar-refractivity contribution is 9.10. The topological polar surface area (TPSA) is 13.1 Å². The summed E-state index contributed by atoms with van der Waals surface area (Å²) in [5.41, 5.74) is 1.07. The summed E-state index contributed by atoms with van der Waals surface area (Å²) < 4.78 is 2.71. The smallest absolute Gasteiger partial charge is 0.236 e. The van der Waals surface area contributed by atoms with E-state index in [9.17, 15) is 0 Å². The summed E-state index contributed by atoms with van der Waals surface area (Å²) in [6.45, 7) is 1.98. The van der Waals surface area contributed by atoms with E-state index in [0.29, 0.717) is 0 Å². The van der Waals surface area contributed by atoms with Crippen LogP contribution in [0.4, 0.5) is 0 Å². The minimum absolute atomic E-state index is 1.01. The number of hydrogen-bond donors (Lipinski definition) is 0. The quantitative estimate of drug-likeness (QED) is 0.623. The van der Waals surface area contributed by atoms with Crippen LogP contribution in [0.25, 0.3) is 0 Å². The maximum atomic E-state index is 5.01. The van der Waals surface area contributed by atoms with Crippen LogP contribution in [0.3, 0.4) is 0 Å². The number of pyridine rings is 1. The van der Waals surface area contributed by atoms with Gasteiger partial charge in [0.25, 0.3) is 0 Å². The van der Waals surface area contributed by atoms with Crippen LogP contribution in [-0.2, 0) is 0 Å². The van der Waals surface area contributed by atoms with E-state index < -0.39 is 0 Å². The molecule has 54 valence electrons. The summed E-state index contributed by atoms with van der Waals surface area (Å²) in [7, 11) is 1.64. The Morgan fingerprint density at radius 3 is 2.70 bits per heavy atom. The molecule has 0 unspecified atom stereocenters. The Morgan fingerprint density at radius 1 is 1.50 bits per heavy atom. The van der Waals surface area contributed by atoms with Crippen molar-refractivity contribution in [3.63, 3.8) is 0 Å². The highest BCUT2D eigenvalue weighted by atomic mass is 79.9. The van der Waals surface area contributed by atoms with Crippen LogP contribution in [0.15, 0.2) is 22.8 Å². The fourth-order valence-electron chi connectivity index (χ4n) is 0.727. The summed E-state index contributed by atoms with van der Waals surface area (Å²) in [5, 5.41) is 0. The molecule has 0 amide bonds. The molecule has 0 radical (unpaired) electrons. The third-order valence-electron chi connectivity index (χ3n) is 1.27. The van der Waals surface area contributed by atoms with Crippen molar-refractivity contribution in [3.05, 3.63) is 28.5 Å². The molecular weight excluding hydrogens is 194 g/mol. The van der Waals surface area contributed by atoms with E-state index in [-0.39, 0.29) is 0 Å². The summed E-state index contributed by atoms with van der Waals surface area (Å²) >= 11 is 3.34. The first kappa shape index (κ1) is 7.54. The van der Waals surface area contributed by atoms with Crippen molar-refractivity contribution in [2.45, 2.75) is 6.92 Å². The van der Waals surface area contributed by atoms with E-state index in [4.69, 9.17) is 4.84 Å². The van der Waals surface area contributed by atoms with Gasteiger partial charge in [0.15, 0.2) is 0 Å². The van der Waals surface area contributed by atoms with Crippen LogP contribution < -0.4 is 9.57 Å². The van der Waals surface area contributed by atoms with Crippen molar-refractivity contribution < 1.29 is 9.57 Å². The lowest BCUT2D eigenvalue weighted by atomic mass is 10.4. The van der Waals surface area contributed by atoms with E-state index >= 15 is 0 Å². The average Bonchev–Trinajstić information content (AvgIpc) is 1.94. The van der Waals surface area contributed by atoms with Gasteiger partial charge in [-0.2, -0.15) is 0 Å². The molecule has 0 bridgehead atoms. The van der Waals surface area contributed by atoms with Crippen LogP contribution in [-0.4, -0.2) is 7.11 Å². The van der Waals surface area contributed by atoms with Crippen molar-refractivity contribution in [1.82, 2.24) is 0 Å². The highest BCUT2D eigenvalue weighted by Crippen LogP contribution is 2.04. The van der Waals surface area contributed by atoms with Gasteiger partial charge in [-0.3, -0.25) is 4.84 Å². The Labute approximate surface area is 68.5 Å². The normalized spacial score (nSPS) is 9.50. The van der Waals surface area contributed by atoms with Crippen LogP contribution in [0.5, 0.6) is 0 Å². The Hall–Kier alpha value is -0.570. The summed E-state index contributed by atoms with van der Waals surface area (Å²) in [6, 6.07) is 3.96. The molecule has 0 spiro atoms. The van der Waals surface area contributed by atoms with Gasteiger partial charge >= 0.3 is 0 Å². The second-order valence-electron chi connectivity index (χ2n) is 2.00. The predicted octanol–water partition coefficient (Wildman–Crippen LogP) is 1.10. The van der Waals surface area contributed by atoms with E-state index in [2.05, 4.69) is 15.9 Å². The minimum atomic E-state index is 1.01. The van der Waals surface area contributed by atoms with Gasteiger partial charge in [-0.1, -0.05) is 0 Å². The Kier molecular flexibility index (Phi) is 2.27. The molecule has 1 heterocycles. The molecule has 0 saturated carbocycles. The maximum Gasteiger partial charge on any atom is 0.236 e. The molecular formula is C7H9BrNO+. The first-order valence-electron chi connectivity index (χ1n) is 2.96. The van der Waals surface area contributed by atoms with Crippen molar-refractivity contribution in [1.29, 1.82) is 0 Å². The van der Waals surface area contributed by atoms with Gasteiger partial charge < -0.3 is 0 Å². The standard InChI is InChI=1S/C7H9BrNO/c1-6-3-4-7(8)5-9(6)10-2/h3-5H,1-2H3/q+1. The summed E-state index contributed by atoms with van der Waals surface area (Å²) in [6.07, 6.45) is 1.87. The largest absolute Gasteiger partial charge is 0.274 e. The van der Waals surface area contributed by atoms with E-state index in [0.717, 1.165) is 10.2 Å². The monoisotopic (exact) mass is 202 g/mol. The number of halogens is 1. The second kappa shape index (κ2) is 3.01. The van der Waals surface area contributed by atoms with Gasteiger partial charge in [-0.15, -0.1) is 0 Å². The molecule has 0 saturated heterocycles. The van der Waals surface area contributed by atoms with Gasteiger partial charge in [-0.25, -0.2) is 0 Å². The molecule has 0 aromatic carbocycles. The molecule has 1 aromatic rings. The number of rotatable bonds is 1. The van der Waals surface area contributed by atoms with Crippen LogP contribution in [0, 0.1) is 6.92 Å². The van der Waals surface area contributed by atoms with Gasteiger partial charge in [0, 0.05) is 17.7 Å². The Balaban J connectivity index is 3.09. The zero-order valence-electron chi connectivity index (χ0n) is 5.97. The van der Waals surface area contributed by atoms with E-state index in [1.807, 2.05) is 25.3 Å². The lowest BCUT2D eigenvalue weighted by molar-refractivity contribution is -0.890. The zero-order valence-corrected chi connectivity index (χ0v) is 7.55. The fraction of sp³-hybridized carbons (Fsp3) is 0.286. The zero-order chi connectivity index (χ0) is 7.56. The van der Waals surface area contributed by atoms with Crippen LogP contribution in [0.1, 0.15) is 5.69 Å². The summed E-state index contributed by atoms with van der Waals surface area (Å²) in [4.78, 5) is 5.01. The molecule has 0 atom stereocenters. The minimum Gasteiger partial charge on any atom is -0.274 e. The second-order valence-corrected chi connectivity index (χ2v) is 2.91. The molecule has 3 heteroatoms. The highest BCUT2D eigenvalue weighted by Gasteiger charge is 2.04. The lowest BCUT2D eigenvalue weighted by Crippen LogP contribution is -2.42. The number of aromatic nitrogens is 1. The van der Waals surface area contributed by atoms with Crippen molar-refractivity contribution in [3.8, 4) is 0 Å². The van der Waals surface area contributed by atoms with Gasteiger partial charge in [0.05, 0.1) is 4.47 Å². The predicted molar refractivity (Wildman–Crippen MR) is 41.6 cm³/mol. The number of nitrogens with zero attached hydrogens (tertiary/aromatic N) is 1. The molecule has 0 aliphatic heterocycles. The average molecular weight is 203 g/mol. The van der Waals surface area contributed by atoms with Crippen molar-refractivity contribution >= 4 is 15.9 Å². The molecule has 1 aromatic heterocycles. The Morgan fingerprint density at radius 2 is 2.20 bits per heavy atom. The van der Waals surface area contributed by atoms with Crippen LogP contribution >= 0.6 is 15.9 Å². The number of hydrogen-bond acceptors (Lipinski definition) is 1. The van der Waals surface area contributed by atoms with E-state index in [1.165, 1.54) is 0 Å².